The van der Waals surface area contributed by atoms with Gasteiger partial charge in [-0.1, -0.05) is 12.1 Å². The summed E-state index contributed by atoms with van der Waals surface area (Å²) in [5, 5.41) is 0. The minimum absolute atomic E-state index is 0.199. The Hall–Kier alpha value is -1.55. The molecule has 4 nitrogen and oxygen atoms in total. The zero-order valence-electron chi connectivity index (χ0n) is 11.3. The van der Waals surface area contributed by atoms with Crippen LogP contribution in [0.1, 0.15) is 12.5 Å². The summed E-state index contributed by atoms with van der Waals surface area (Å²) in [6.45, 7) is 5.79. The molecule has 0 heterocycles. The summed E-state index contributed by atoms with van der Waals surface area (Å²) in [6, 6.07) is 7.91. The van der Waals surface area contributed by atoms with Crippen LogP contribution < -0.4 is 4.74 Å². The zero-order chi connectivity index (χ0) is 13.4. The van der Waals surface area contributed by atoms with E-state index < -0.39 is 0 Å². The van der Waals surface area contributed by atoms with Crippen LogP contribution in [0.4, 0.5) is 0 Å². The van der Waals surface area contributed by atoms with Crippen molar-refractivity contribution in [2.45, 2.75) is 13.8 Å². The monoisotopic (exact) mass is 251 g/mol. The van der Waals surface area contributed by atoms with Crippen LogP contribution in [-0.2, 0) is 9.53 Å². The number of ether oxygens (including phenoxy) is 2. The number of likely N-dealkylation sites (N-methyl/N-ethyl adjacent to an activating group) is 1. The van der Waals surface area contributed by atoms with E-state index in [4.69, 9.17) is 9.47 Å². The number of hydrogen-bond donors (Lipinski definition) is 0. The summed E-state index contributed by atoms with van der Waals surface area (Å²) >= 11 is 0. The summed E-state index contributed by atoms with van der Waals surface area (Å²) in [5.74, 6) is 0.662. The van der Waals surface area contributed by atoms with Gasteiger partial charge in [0.25, 0.3) is 0 Å². The fourth-order valence-electron chi connectivity index (χ4n) is 1.53. The molecule has 0 atom stereocenters. The van der Waals surface area contributed by atoms with E-state index in [1.54, 1.807) is 6.92 Å². The van der Waals surface area contributed by atoms with Crippen molar-refractivity contribution in [3.8, 4) is 5.75 Å². The Morgan fingerprint density at radius 1 is 1.39 bits per heavy atom. The lowest BCUT2D eigenvalue weighted by atomic mass is 10.2. The van der Waals surface area contributed by atoms with Crippen LogP contribution in [0.15, 0.2) is 24.3 Å². The highest BCUT2D eigenvalue weighted by atomic mass is 16.5. The Morgan fingerprint density at radius 3 is 2.83 bits per heavy atom. The van der Waals surface area contributed by atoms with Crippen LogP contribution in [-0.4, -0.2) is 44.2 Å². The molecule has 18 heavy (non-hydrogen) atoms. The SMILES string of the molecule is CCOC(=O)CN(C)CCOc1cccc(C)c1. The molecule has 0 aliphatic rings. The van der Waals surface area contributed by atoms with Gasteiger partial charge >= 0.3 is 5.97 Å². The molecule has 0 saturated carbocycles. The van der Waals surface area contributed by atoms with Crippen LogP contribution in [0, 0.1) is 6.92 Å². The first kappa shape index (κ1) is 14.5. The summed E-state index contributed by atoms with van der Waals surface area (Å²) in [7, 11) is 1.87. The summed E-state index contributed by atoms with van der Waals surface area (Å²) in [4.78, 5) is 13.1. The van der Waals surface area contributed by atoms with Gasteiger partial charge in [0.1, 0.15) is 12.4 Å². The Kier molecular flexibility index (Phi) is 6.22. The van der Waals surface area contributed by atoms with E-state index in [9.17, 15) is 4.79 Å². The van der Waals surface area contributed by atoms with Gasteiger partial charge in [-0.2, -0.15) is 0 Å². The molecule has 0 spiro atoms. The molecule has 100 valence electrons. The molecule has 0 N–H and O–H groups in total. The third-order valence-electron chi connectivity index (χ3n) is 2.44. The number of nitrogens with zero attached hydrogens (tertiary/aromatic N) is 1. The molecule has 0 radical (unpaired) electrons. The van der Waals surface area contributed by atoms with Crippen LogP contribution >= 0.6 is 0 Å². The van der Waals surface area contributed by atoms with Crippen LogP contribution in [0.25, 0.3) is 0 Å². The Bertz CT molecular complexity index is 379. The lowest BCUT2D eigenvalue weighted by molar-refractivity contribution is -0.144. The summed E-state index contributed by atoms with van der Waals surface area (Å²) in [6.07, 6.45) is 0. The van der Waals surface area contributed by atoms with Crippen molar-refractivity contribution in [1.82, 2.24) is 4.90 Å². The molecule has 0 aliphatic carbocycles. The maximum Gasteiger partial charge on any atom is 0.320 e. The van der Waals surface area contributed by atoms with E-state index in [0.717, 1.165) is 5.75 Å². The molecule has 1 aromatic carbocycles. The van der Waals surface area contributed by atoms with Crippen LogP contribution in [0.3, 0.4) is 0 Å². The second kappa shape index (κ2) is 7.71. The normalized spacial score (nSPS) is 10.4. The zero-order valence-corrected chi connectivity index (χ0v) is 11.3. The molecule has 0 saturated heterocycles. The largest absolute Gasteiger partial charge is 0.492 e. The standard InChI is InChI=1S/C14H21NO3/c1-4-17-14(16)11-15(3)8-9-18-13-7-5-6-12(2)10-13/h5-7,10H,4,8-9,11H2,1-3H3. The van der Waals surface area contributed by atoms with Crippen molar-refractivity contribution in [2.24, 2.45) is 0 Å². The smallest absolute Gasteiger partial charge is 0.320 e. The van der Waals surface area contributed by atoms with Crippen LogP contribution in [0.2, 0.25) is 0 Å². The number of esters is 1. The molecule has 0 aliphatic heterocycles. The van der Waals surface area contributed by atoms with Crippen molar-refractivity contribution in [2.75, 3.05) is 33.4 Å². The topological polar surface area (TPSA) is 38.8 Å². The summed E-state index contributed by atoms with van der Waals surface area (Å²) in [5.41, 5.74) is 1.17. The molecule has 1 rings (SSSR count). The van der Waals surface area contributed by atoms with Crippen molar-refractivity contribution in [1.29, 1.82) is 0 Å². The van der Waals surface area contributed by atoms with E-state index in [1.165, 1.54) is 5.56 Å². The third kappa shape index (κ3) is 5.68. The van der Waals surface area contributed by atoms with Gasteiger partial charge in [-0.3, -0.25) is 9.69 Å². The number of benzene rings is 1. The van der Waals surface area contributed by atoms with Gasteiger partial charge in [-0.25, -0.2) is 0 Å². The molecular formula is C14H21NO3. The Labute approximate surface area is 108 Å². The van der Waals surface area contributed by atoms with E-state index in [2.05, 4.69) is 0 Å². The van der Waals surface area contributed by atoms with Gasteiger partial charge < -0.3 is 9.47 Å². The minimum atomic E-state index is -0.199. The van der Waals surface area contributed by atoms with E-state index in [1.807, 2.05) is 43.1 Å². The number of aryl methyl sites for hydroxylation is 1. The fourth-order valence-corrected chi connectivity index (χ4v) is 1.53. The van der Waals surface area contributed by atoms with Gasteiger partial charge in [0, 0.05) is 6.54 Å². The van der Waals surface area contributed by atoms with Crippen molar-refractivity contribution in [3.63, 3.8) is 0 Å². The number of carbonyl (C=O) groups excluding carboxylic acids is 1. The van der Waals surface area contributed by atoms with Gasteiger partial charge in [0.15, 0.2) is 0 Å². The molecule has 0 aromatic heterocycles. The predicted molar refractivity (Wildman–Crippen MR) is 70.8 cm³/mol. The minimum Gasteiger partial charge on any atom is -0.492 e. The van der Waals surface area contributed by atoms with Crippen molar-refractivity contribution >= 4 is 5.97 Å². The average Bonchev–Trinajstić information content (AvgIpc) is 2.29. The van der Waals surface area contributed by atoms with Crippen molar-refractivity contribution in [3.05, 3.63) is 29.8 Å². The van der Waals surface area contributed by atoms with Crippen LogP contribution in [0.5, 0.6) is 5.75 Å². The molecule has 0 fully saturated rings. The second-order valence-corrected chi connectivity index (χ2v) is 4.21. The molecule has 4 heteroatoms. The van der Waals surface area contributed by atoms with E-state index in [0.29, 0.717) is 26.3 Å². The highest BCUT2D eigenvalue weighted by Crippen LogP contribution is 2.11. The van der Waals surface area contributed by atoms with Gasteiger partial charge in [-0.15, -0.1) is 0 Å². The van der Waals surface area contributed by atoms with Crippen molar-refractivity contribution < 1.29 is 14.3 Å². The summed E-state index contributed by atoms with van der Waals surface area (Å²) < 4.78 is 10.5. The third-order valence-corrected chi connectivity index (χ3v) is 2.44. The molecule has 0 amide bonds. The number of carbonyl (C=O) groups is 1. The number of hydrogen-bond acceptors (Lipinski definition) is 4. The van der Waals surface area contributed by atoms with Gasteiger partial charge in [0.2, 0.25) is 0 Å². The Morgan fingerprint density at radius 2 is 2.17 bits per heavy atom. The van der Waals surface area contributed by atoms with E-state index >= 15 is 0 Å². The lowest BCUT2D eigenvalue weighted by Gasteiger charge is -2.15. The predicted octanol–water partition coefficient (Wildman–Crippen LogP) is 1.87. The first-order chi connectivity index (χ1) is 8.61. The first-order valence-electron chi connectivity index (χ1n) is 6.15. The number of rotatable bonds is 7. The lowest BCUT2D eigenvalue weighted by Crippen LogP contribution is -2.30. The molecule has 0 bridgehead atoms. The molecular weight excluding hydrogens is 230 g/mol. The highest BCUT2D eigenvalue weighted by Gasteiger charge is 2.06. The average molecular weight is 251 g/mol. The quantitative estimate of drug-likeness (QED) is 0.693. The molecule has 1 aromatic rings. The fraction of sp³-hybridized carbons (Fsp3) is 0.500. The second-order valence-electron chi connectivity index (χ2n) is 4.21. The Balaban J connectivity index is 2.23. The van der Waals surface area contributed by atoms with E-state index in [-0.39, 0.29) is 5.97 Å². The maximum atomic E-state index is 11.2. The van der Waals surface area contributed by atoms with Gasteiger partial charge in [0.05, 0.1) is 13.2 Å². The molecule has 0 unspecified atom stereocenters. The van der Waals surface area contributed by atoms with Gasteiger partial charge in [-0.05, 0) is 38.6 Å². The first-order valence-corrected chi connectivity index (χ1v) is 6.15. The highest BCUT2D eigenvalue weighted by molar-refractivity contribution is 5.71. The maximum absolute atomic E-state index is 11.2.